The number of rotatable bonds is 3. The lowest BCUT2D eigenvalue weighted by Gasteiger charge is -2.10. The second-order valence-electron chi connectivity index (χ2n) is 4.98. The Bertz CT molecular complexity index is 639. The molecule has 0 aliphatic rings. The highest BCUT2D eigenvalue weighted by Gasteiger charge is 2.43. The van der Waals surface area contributed by atoms with Gasteiger partial charge in [0.05, 0.1) is 7.05 Å². The third kappa shape index (κ3) is 2.19. The molecule has 0 fully saturated rings. The number of benzene rings is 1. The van der Waals surface area contributed by atoms with Gasteiger partial charge >= 0.3 is 12.0 Å². The Labute approximate surface area is 116 Å². The number of aryl methyl sites for hydroxylation is 3. The average molecular weight is 285 g/mol. The molecule has 0 atom stereocenters. The highest BCUT2D eigenvalue weighted by atomic mass is 19.4. The van der Waals surface area contributed by atoms with Gasteiger partial charge in [-0.1, -0.05) is 20.8 Å². The number of hydrogen-bond donors (Lipinski definition) is 1. The lowest BCUT2D eigenvalue weighted by Crippen LogP contribution is -2.36. The summed E-state index contributed by atoms with van der Waals surface area (Å²) >= 11 is 0. The fourth-order valence-electron chi connectivity index (χ4n) is 2.96. The number of nitrogens with one attached hydrogen (secondary N) is 1. The van der Waals surface area contributed by atoms with E-state index < -0.39 is 12.0 Å². The predicted molar refractivity (Wildman–Crippen MR) is 72.6 cm³/mol. The van der Waals surface area contributed by atoms with Crippen LogP contribution in [0.15, 0.2) is 6.07 Å². The van der Waals surface area contributed by atoms with Gasteiger partial charge in [0.15, 0.2) is 11.0 Å². The summed E-state index contributed by atoms with van der Waals surface area (Å²) in [5.41, 5.74) is 4.57. The van der Waals surface area contributed by atoms with Crippen molar-refractivity contribution in [2.24, 2.45) is 7.05 Å². The molecule has 0 amide bonds. The van der Waals surface area contributed by atoms with E-state index in [1.54, 1.807) is 0 Å². The number of aromatic nitrogens is 2. The van der Waals surface area contributed by atoms with Crippen LogP contribution < -0.4 is 4.57 Å². The smallest absolute Gasteiger partial charge is 0.232 e. The van der Waals surface area contributed by atoms with E-state index in [1.165, 1.54) is 17.2 Å². The quantitative estimate of drug-likeness (QED) is 0.830. The molecule has 0 saturated heterocycles. The van der Waals surface area contributed by atoms with E-state index in [-0.39, 0.29) is 0 Å². The van der Waals surface area contributed by atoms with E-state index in [2.05, 4.69) is 4.98 Å². The summed E-state index contributed by atoms with van der Waals surface area (Å²) in [4.78, 5) is 2.59. The van der Waals surface area contributed by atoms with E-state index in [0.717, 1.165) is 30.4 Å². The van der Waals surface area contributed by atoms with Gasteiger partial charge < -0.3 is 0 Å². The van der Waals surface area contributed by atoms with Crippen LogP contribution in [0.2, 0.25) is 0 Å². The Balaban J connectivity index is 2.88. The maximum absolute atomic E-state index is 13.0. The molecule has 0 saturated carbocycles. The molecule has 2 nitrogen and oxygen atoms in total. The third-order valence-electron chi connectivity index (χ3n) is 3.92. The summed E-state index contributed by atoms with van der Waals surface area (Å²) in [6, 6.07) is 1.89. The highest BCUT2D eigenvalue weighted by Crippen LogP contribution is 2.31. The zero-order valence-electron chi connectivity index (χ0n) is 12.3. The van der Waals surface area contributed by atoms with Crippen molar-refractivity contribution in [1.29, 1.82) is 0 Å². The van der Waals surface area contributed by atoms with E-state index in [9.17, 15) is 13.2 Å². The molecule has 0 radical (unpaired) electrons. The first-order valence-corrected chi connectivity index (χ1v) is 6.97. The molecule has 5 heteroatoms. The molecule has 1 N–H and O–H groups in total. The van der Waals surface area contributed by atoms with Gasteiger partial charge in [0.1, 0.15) is 0 Å². The number of alkyl halides is 3. The van der Waals surface area contributed by atoms with Crippen LogP contribution in [0, 0.1) is 0 Å². The first-order valence-electron chi connectivity index (χ1n) is 6.97. The van der Waals surface area contributed by atoms with Gasteiger partial charge in [0.2, 0.25) is 0 Å². The number of halogens is 3. The van der Waals surface area contributed by atoms with Gasteiger partial charge in [-0.15, -0.1) is 0 Å². The first-order chi connectivity index (χ1) is 9.35. The number of nitrogens with zero attached hydrogens (tertiary/aromatic N) is 1. The van der Waals surface area contributed by atoms with Crippen molar-refractivity contribution < 1.29 is 17.7 Å². The van der Waals surface area contributed by atoms with Crippen LogP contribution in [-0.4, -0.2) is 4.98 Å². The summed E-state index contributed by atoms with van der Waals surface area (Å²) in [7, 11) is 1.46. The summed E-state index contributed by atoms with van der Waals surface area (Å²) in [5.74, 6) is -0.697. The third-order valence-corrected chi connectivity index (χ3v) is 3.92. The van der Waals surface area contributed by atoms with Gasteiger partial charge in [0, 0.05) is 5.56 Å². The van der Waals surface area contributed by atoms with Gasteiger partial charge in [0.25, 0.3) is 0 Å². The molecular formula is C15H20F3N2+. The van der Waals surface area contributed by atoms with Crippen LogP contribution in [-0.2, 0) is 32.5 Å². The van der Waals surface area contributed by atoms with E-state index in [0.29, 0.717) is 11.0 Å². The molecule has 0 spiro atoms. The molecule has 2 rings (SSSR count). The van der Waals surface area contributed by atoms with Crippen molar-refractivity contribution in [3.8, 4) is 0 Å². The van der Waals surface area contributed by atoms with Gasteiger partial charge in [-0.2, -0.15) is 13.2 Å². The largest absolute Gasteiger partial charge is 0.494 e. The van der Waals surface area contributed by atoms with Crippen molar-refractivity contribution in [2.45, 2.75) is 46.2 Å². The summed E-state index contributed by atoms with van der Waals surface area (Å²) in [5, 5.41) is 0. The molecule has 0 aliphatic heterocycles. The normalized spacial score (nSPS) is 12.3. The molecular weight excluding hydrogens is 265 g/mol. The average Bonchev–Trinajstić information content (AvgIpc) is 2.73. The SMILES string of the molecule is CCc1cc2c([nH]c(C(F)(F)F)[n+]2C)c(CC)c1CC. The van der Waals surface area contributed by atoms with Crippen LogP contribution >= 0.6 is 0 Å². The minimum atomic E-state index is -4.36. The topological polar surface area (TPSA) is 19.7 Å². The second kappa shape index (κ2) is 5.11. The maximum Gasteiger partial charge on any atom is 0.494 e. The van der Waals surface area contributed by atoms with E-state index in [1.807, 2.05) is 26.8 Å². The van der Waals surface area contributed by atoms with E-state index in [4.69, 9.17) is 0 Å². The molecule has 0 aliphatic carbocycles. The lowest BCUT2D eigenvalue weighted by molar-refractivity contribution is -0.666. The molecule has 20 heavy (non-hydrogen) atoms. The fraction of sp³-hybridized carbons (Fsp3) is 0.533. The summed E-state index contributed by atoms with van der Waals surface area (Å²) in [6.07, 6.45) is -1.96. The maximum atomic E-state index is 13.0. The van der Waals surface area contributed by atoms with Crippen LogP contribution in [0.5, 0.6) is 0 Å². The van der Waals surface area contributed by atoms with Crippen LogP contribution in [0.25, 0.3) is 11.0 Å². The van der Waals surface area contributed by atoms with Gasteiger partial charge in [-0.05, 0) is 36.5 Å². The Morgan fingerprint density at radius 1 is 1.05 bits per heavy atom. The van der Waals surface area contributed by atoms with E-state index >= 15 is 0 Å². The molecule has 1 heterocycles. The monoisotopic (exact) mass is 285 g/mol. The second-order valence-corrected chi connectivity index (χ2v) is 4.98. The number of H-pyrrole nitrogens is 1. The fourth-order valence-corrected chi connectivity index (χ4v) is 2.96. The Morgan fingerprint density at radius 2 is 1.65 bits per heavy atom. The zero-order valence-corrected chi connectivity index (χ0v) is 12.3. The Morgan fingerprint density at radius 3 is 2.10 bits per heavy atom. The Kier molecular flexibility index (Phi) is 3.80. The predicted octanol–water partition coefficient (Wildman–Crippen LogP) is 3.70. The van der Waals surface area contributed by atoms with Gasteiger partial charge in [-0.3, -0.25) is 0 Å². The lowest BCUT2D eigenvalue weighted by atomic mass is 9.94. The van der Waals surface area contributed by atoms with Crippen LogP contribution in [0.1, 0.15) is 43.3 Å². The van der Waals surface area contributed by atoms with Gasteiger partial charge in [-0.25, -0.2) is 9.55 Å². The zero-order chi connectivity index (χ0) is 15.1. The molecule has 0 bridgehead atoms. The highest BCUT2D eigenvalue weighted by molar-refractivity contribution is 5.79. The molecule has 110 valence electrons. The molecule has 2 aromatic rings. The standard InChI is InChI=1S/C15H19F3N2/c1-5-9-8-12-13(11(7-3)10(9)6-2)19-14(20(12)4)15(16,17)18/h8H,5-7H2,1-4H3/p+1. The summed E-state index contributed by atoms with van der Waals surface area (Å²) in [6.45, 7) is 6.08. The van der Waals surface area contributed by atoms with Crippen molar-refractivity contribution in [1.82, 2.24) is 4.98 Å². The number of imidazole rings is 1. The molecule has 1 aromatic heterocycles. The summed E-state index contributed by atoms with van der Waals surface area (Å²) < 4.78 is 40.3. The van der Waals surface area contributed by atoms with Crippen molar-refractivity contribution in [3.05, 3.63) is 28.6 Å². The first kappa shape index (κ1) is 14.9. The van der Waals surface area contributed by atoms with Crippen LogP contribution in [0.3, 0.4) is 0 Å². The number of fused-ring (bicyclic) bond motifs is 1. The molecule has 0 unspecified atom stereocenters. The molecule has 1 aromatic carbocycles. The Hall–Kier alpha value is -1.52. The van der Waals surface area contributed by atoms with Crippen LogP contribution in [0.4, 0.5) is 13.2 Å². The minimum absolute atomic E-state index is 0.622. The number of aromatic amines is 1. The van der Waals surface area contributed by atoms with Crippen molar-refractivity contribution >= 4 is 11.0 Å². The van der Waals surface area contributed by atoms with Crippen molar-refractivity contribution in [3.63, 3.8) is 0 Å². The minimum Gasteiger partial charge on any atom is -0.232 e. The van der Waals surface area contributed by atoms with Crippen molar-refractivity contribution in [2.75, 3.05) is 0 Å². The number of hydrogen-bond acceptors (Lipinski definition) is 0.